The van der Waals surface area contributed by atoms with Gasteiger partial charge in [0.05, 0.1) is 15.9 Å². The Hall–Kier alpha value is -3.23. The molecule has 4 heterocycles. The molecule has 2 bridgehead atoms. The van der Waals surface area contributed by atoms with Crippen molar-refractivity contribution in [2.75, 3.05) is 13.1 Å². The summed E-state index contributed by atoms with van der Waals surface area (Å²) in [6.07, 6.45) is 0.912. The number of sulfonamides is 1. The lowest BCUT2D eigenvalue weighted by Gasteiger charge is -2.42. The minimum absolute atomic E-state index is 0.00701. The Kier molecular flexibility index (Phi) is 4.34. The fraction of sp³-hybridized carbons (Fsp3) is 0.250. The Balaban J connectivity index is 1.34. The van der Waals surface area contributed by atoms with Crippen molar-refractivity contribution >= 4 is 21.1 Å². The summed E-state index contributed by atoms with van der Waals surface area (Å²) in [4.78, 5) is 20.4. The minimum Gasteiger partial charge on any atom is -0.338 e. The van der Waals surface area contributed by atoms with Crippen molar-refractivity contribution in [2.45, 2.75) is 23.8 Å². The summed E-state index contributed by atoms with van der Waals surface area (Å²) in [6.45, 7) is 1.38. The molecule has 1 saturated heterocycles. The van der Waals surface area contributed by atoms with E-state index in [1.54, 1.807) is 34.6 Å². The predicted octanol–water partition coefficient (Wildman–Crippen LogP) is 3.20. The van der Waals surface area contributed by atoms with E-state index in [0.29, 0.717) is 31.0 Å². The first kappa shape index (κ1) is 19.5. The summed E-state index contributed by atoms with van der Waals surface area (Å²) in [5.74, 6) is 0.883. The van der Waals surface area contributed by atoms with E-state index in [-0.39, 0.29) is 22.3 Å². The Labute approximate surface area is 185 Å². The number of hydrogen-bond donors (Lipinski definition) is 1. The zero-order chi connectivity index (χ0) is 21.9. The van der Waals surface area contributed by atoms with Crippen molar-refractivity contribution in [1.29, 1.82) is 0 Å². The summed E-state index contributed by atoms with van der Waals surface area (Å²) < 4.78 is 30.5. The van der Waals surface area contributed by atoms with Gasteiger partial charge < -0.3 is 9.55 Å². The average Bonchev–Trinajstić information content (AvgIpc) is 3.24. The fourth-order valence-corrected chi connectivity index (χ4v) is 6.67. The fourth-order valence-electron chi connectivity index (χ4n) is 5.08. The molecule has 2 aromatic carbocycles. The summed E-state index contributed by atoms with van der Waals surface area (Å²) in [6, 6.07) is 20.1. The molecule has 0 spiro atoms. The summed E-state index contributed by atoms with van der Waals surface area (Å²) >= 11 is 0. The molecule has 4 aromatic rings. The van der Waals surface area contributed by atoms with Crippen molar-refractivity contribution in [2.24, 2.45) is 5.92 Å². The lowest BCUT2D eigenvalue weighted by atomic mass is 9.84. The quantitative estimate of drug-likeness (QED) is 0.524. The number of benzene rings is 2. The van der Waals surface area contributed by atoms with Gasteiger partial charge in [0.2, 0.25) is 10.0 Å². The smallest absolute Gasteiger partial charge is 0.250 e. The number of pyridine rings is 1. The zero-order valence-electron chi connectivity index (χ0n) is 17.3. The normalized spacial score (nSPS) is 20.9. The highest BCUT2D eigenvalue weighted by molar-refractivity contribution is 7.89. The van der Waals surface area contributed by atoms with Crippen LogP contribution in [0.2, 0.25) is 0 Å². The van der Waals surface area contributed by atoms with Crippen LogP contribution in [0.4, 0.5) is 0 Å². The van der Waals surface area contributed by atoms with Crippen LogP contribution in [0.15, 0.2) is 76.4 Å². The second-order valence-electron chi connectivity index (χ2n) is 8.65. The number of imidazole rings is 1. The number of nitrogens with one attached hydrogen (secondary N) is 1. The molecule has 0 radical (unpaired) electrons. The standard InChI is InChI=1S/C24H22N4O3S/c29-23-8-4-7-22-18-11-16(14-28(22)23)13-27(15-18)32(30,31)19-9-10-20-21(12-19)26-24(25-20)17-5-2-1-3-6-17/h1-10,12,16,18H,11,13-15H2,(H,25,26). The van der Waals surface area contributed by atoms with Crippen LogP contribution in [0.25, 0.3) is 22.4 Å². The monoisotopic (exact) mass is 446 g/mol. The Morgan fingerprint density at radius 3 is 2.62 bits per heavy atom. The Morgan fingerprint density at radius 1 is 0.938 bits per heavy atom. The number of rotatable bonds is 3. The maximum Gasteiger partial charge on any atom is 0.250 e. The molecule has 6 rings (SSSR count). The zero-order valence-corrected chi connectivity index (χ0v) is 18.1. The van der Waals surface area contributed by atoms with E-state index >= 15 is 0 Å². The SMILES string of the molecule is O=c1cccc2n1CC1CC2CN(S(=O)(=O)c2ccc3nc(-c4ccccc4)[nH]c3c2)C1. The molecule has 1 fully saturated rings. The number of hydrogen-bond acceptors (Lipinski definition) is 4. The predicted molar refractivity (Wildman–Crippen MR) is 122 cm³/mol. The number of piperidine rings is 1. The van der Waals surface area contributed by atoms with E-state index in [0.717, 1.165) is 23.2 Å². The molecule has 2 aliphatic heterocycles. The minimum atomic E-state index is -3.67. The van der Waals surface area contributed by atoms with Crippen molar-refractivity contribution < 1.29 is 8.42 Å². The van der Waals surface area contributed by atoms with E-state index in [1.165, 1.54) is 0 Å². The van der Waals surface area contributed by atoms with Gasteiger partial charge in [-0.2, -0.15) is 4.31 Å². The first-order valence-corrected chi connectivity index (χ1v) is 12.2. The van der Waals surface area contributed by atoms with Gasteiger partial charge in [0.1, 0.15) is 5.82 Å². The third-order valence-electron chi connectivity index (χ3n) is 6.58. The summed E-state index contributed by atoms with van der Waals surface area (Å²) in [5, 5.41) is 0. The highest BCUT2D eigenvalue weighted by atomic mass is 32.2. The Morgan fingerprint density at radius 2 is 1.78 bits per heavy atom. The second-order valence-corrected chi connectivity index (χ2v) is 10.6. The maximum absolute atomic E-state index is 13.5. The van der Waals surface area contributed by atoms with Gasteiger partial charge in [-0.25, -0.2) is 13.4 Å². The van der Waals surface area contributed by atoms with Crippen molar-refractivity contribution in [1.82, 2.24) is 18.8 Å². The number of nitrogens with zero attached hydrogens (tertiary/aromatic N) is 3. The van der Waals surface area contributed by atoms with E-state index in [9.17, 15) is 13.2 Å². The number of aromatic nitrogens is 3. The largest absolute Gasteiger partial charge is 0.338 e. The third-order valence-corrected chi connectivity index (χ3v) is 8.41. The van der Waals surface area contributed by atoms with Crippen LogP contribution in [0, 0.1) is 5.92 Å². The molecule has 0 amide bonds. The van der Waals surface area contributed by atoms with Crippen LogP contribution in [-0.2, 0) is 16.6 Å². The molecule has 0 aliphatic carbocycles. The molecule has 32 heavy (non-hydrogen) atoms. The van der Waals surface area contributed by atoms with Crippen LogP contribution in [0.5, 0.6) is 0 Å². The van der Waals surface area contributed by atoms with Gasteiger partial charge in [-0.3, -0.25) is 4.79 Å². The summed E-state index contributed by atoms with van der Waals surface area (Å²) in [7, 11) is -3.67. The van der Waals surface area contributed by atoms with Crippen molar-refractivity contribution in [3.63, 3.8) is 0 Å². The number of fused-ring (bicyclic) bond motifs is 5. The second kappa shape index (κ2) is 7.15. The van der Waals surface area contributed by atoms with Crippen molar-refractivity contribution in [3.8, 4) is 11.4 Å². The first-order valence-electron chi connectivity index (χ1n) is 10.7. The van der Waals surface area contributed by atoms with E-state index in [1.807, 2.05) is 41.0 Å². The summed E-state index contributed by atoms with van der Waals surface area (Å²) in [5.41, 5.74) is 3.30. The lowest BCUT2D eigenvalue weighted by molar-refractivity contribution is 0.186. The van der Waals surface area contributed by atoms with Gasteiger partial charge in [-0.05, 0) is 36.6 Å². The average molecular weight is 447 g/mol. The van der Waals surface area contributed by atoms with Crippen LogP contribution in [0.3, 0.4) is 0 Å². The molecule has 8 heteroatoms. The molecule has 0 saturated carbocycles. The highest BCUT2D eigenvalue weighted by Gasteiger charge is 2.39. The molecule has 2 aliphatic rings. The molecule has 7 nitrogen and oxygen atoms in total. The topological polar surface area (TPSA) is 88.1 Å². The maximum atomic E-state index is 13.5. The highest BCUT2D eigenvalue weighted by Crippen LogP contribution is 2.37. The van der Waals surface area contributed by atoms with E-state index in [4.69, 9.17) is 0 Å². The number of H-pyrrole nitrogens is 1. The van der Waals surface area contributed by atoms with Gasteiger partial charge in [0.25, 0.3) is 5.56 Å². The van der Waals surface area contributed by atoms with Gasteiger partial charge in [0.15, 0.2) is 0 Å². The van der Waals surface area contributed by atoms with E-state index < -0.39 is 10.0 Å². The lowest BCUT2D eigenvalue weighted by Crippen LogP contribution is -2.48. The van der Waals surface area contributed by atoms with Gasteiger partial charge in [-0.15, -0.1) is 0 Å². The molecular weight excluding hydrogens is 424 g/mol. The molecule has 1 N–H and O–H groups in total. The van der Waals surface area contributed by atoms with E-state index in [2.05, 4.69) is 9.97 Å². The van der Waals surface area contributed by atoms with Gasteiger partial charge in [-0.1, -0.05) is 36.4 Å². The molecular formula is C24H22N4O3S. The number of aromatic amines is 1. The first-order chi connectivity index (χ1) is 15.5. The molecule has 2 aromatic heterocycles. The van der Waals surface area contributed by atoms with Crippen LogP contribution < -0.4 is 5.56 Å². The van der Waals surface area contributed by atoms with Gasteiger partial charge >= 0.3 is 0 Å². The third kappa shape index (κ3) is 3.10. The van der Waals surface area contributed by atoms with Crippen LogP contribution in [0.1, 0.15) is 18.0 Å². The molecule has 2 unspecified atom stereocenters. The van der Waals surface area contributed by atoms with Gasteiger partial charge in [0, 0.05) is 42.9 Å². The van der Waals surface area contributed by atoms with Crippen LogP contribution >= 0.6 is 0 Å². The van der Waals surface area contributed by atoms with Crippen LogP contribution in [-0.4, -0.2) is 40.3 Å². The van der Waals surface area contributed by atoms with Crippen molar-refractivity contribution in [3.05, 3.63) is 82.8 Å². The molecule has 162 valence electrons. The Bertz CT molecular complexity index is 1490. The molecule has 2 atom stereocenters.